The Morgan fingerprint density at radius 3 is 2.48 bits per heavy atom. The Hall–Kier alpha value is -2.37. The highest BCUT2D eigenvalue weighted by molar-refractivity contribution is 6.33. The van der Waals surface area contributed by atoms with Crippen molar-refractivity contribution in [3.8, 4) is 11.4 Å². The van der Waals surface area contributed by atoms with Crippen molar-refractivity contribution in [3.63, 3.8) is 0 Å². The third kappa shape index (κ3) is 3.67. The molecular weight excluding hydrogens is 336 g/mol. The van der Waals surface area contributed by atoms with Crippen molar-refractivity contribution in [2.24, 2.45) is 0 Å². The van der Waals surface area contributed by atoms with Crippen LogP contribution < -0.4 is 9.80 Å². The average Bonchev–Trinajstić information content (AvgIpc) is 3.12. The largest absolute Gasteiger partial charge is 0.359 e. The van der Waals surface area contributed by atoms with Crippen molar-refractivity contribution < 1.29 is 9.42 Å². The fourth-order valence-electron chi connectivity index (χ4n) is 3.19. The van der Waals surface area contributed by atoms with Gasteiger partial charge in [0.2, 0.25) is 5.82 Å². The molecule has 0 saturated carbocycles. The molecule has 0 atom stereocenters. The van der Waals surface area contributed by atoms with Crippen LogP contribution in [0.5, 0.6) is 0 Å². The second-order valence-corrected chi connectivity index (χ2v) is 6.65. The number of nitrogens with zero attached hydrogens (tertiary/aromatic N) is 3. The van der Waals surface area contributed by atoms with E-state index in [1.165, 1.54) is 4.90 Å². The van der Waals surface area contributed by atoms with Crippen LogP contribution in [0.4, 0.5) is 5.69 Å². The number of anilines is 1. The molecule has 2 heterocycles. The number of quaternary nitrogens is 1. The normalized spacial score (nSPS) is 15.5. The fraction of sp³-hybridized carbons (Fsp3) is 0.263. The summed E-state index contributed by atoms with van der Waals surface area (Å²) in [7, 11) is 0. The Morgan fingerprint density at radius 1 is 1.00 bits per heavy atom. The zero-order chi connectivity index (χ0) is 17.1. The average molecular weight is 356 g/mol. The lowest BCUT2D eigenvalue weighted by molar-refractivity contribution is -0.915. The van der Waals surface area contributed by atoms with Crippen LogP contribution in [0.2, 0.25) is 5.02 Å². The molecule has 1 N–H and O–H groups in total. The summed E-state index contributed by atoms with van der Waals surface area (Å²) in [6, 6.07) is 17.9. The lowest BCUT2D eigenvalue weighted by Gasteiger charge is -2.33. The molecule has 1 fully saturated rings. The van der Waals surface area contributed by atoms with Gasteiger partial charge in [0.05, 0.1) is 36.9 Å². The molecular formula is C19H20ClN4O+. The second kappa shape index (κ2) is 7.25. The van der Waals surface area contributed by atoms with Crippen LogP contribution in [0.1, 0.15) is 5.89 Å². The highest BCUT2D eigenvalue weighted by Gasteiger charge is 2.23. The lowest BCUT2D eigenvalue weighted by atomic mass is 10.2. The van der Waals surface area contributed by atoms with Crippen LogP contribution >= 0.6 is 11.6 Å². The number of para-hydroxylation sites is 1. The van der Waals surface area contributed by atoms with Gasteiger partial charge in [-0.25, -0.2) is 0 Å². The van der Waals surface area contributed by atoms with E-state index in [0.29, 0.717) is 11.7 Å². The maximum atomic E-state index is 6.30. The van der Waals surface area contributed by atoms with E-state index in [2.05, 4.69) is 21.1 Å². The summed E-state index contributed by atoms with van der Waals surface area (Å²) in [6.45, 7) is 4.75. The molecule has 1 aromatic heterocycles. The van der Waals surface area contributed by atoms with Gasteiger partial charge in [0.25, 0.3) is 5.89 Å². The van der Waals surface area contributed by atoms with Crippen LogP contribution in [0, 0.1) is 0 Å². The molecule has 1 aliphatic rings. The summed E-state index contributed by atoms with van der Waals surface area (Å²) in [4.78, 5) is 8.33. The Bertz CT molecular complexity index is 828. The Morgan fingerprint density at radius 2 is 1.72 bits per heavy atom. The zero-order valence-corrected chi connectivity index (χ0v) is 14.6. The molecule has 0 radical (unpaired) electrons. The first-order valence-electron chi connectivity index (χ1n) is 8.50. The highest BCUT2D eigenvalue weighted by Crippen LogP contribution is 2.24. The first-order chi connectivity index (χ1) is 12.3. The summed E-state index contributed by atoms with van der Waals surface area (Å²) in [5.41, 5.74) is 2.10. The Balaban J connectivity index is 1.36. The van der Waals surface area contributed by atoms with Crippen LogP contribution in [-0.4, -0.2) is 36.3 Å². The number of halogens is 1. The van der Waals surface area contributed by atoms with Crippen LogP contribution in [-0.2, 0) is 6.54 Å². The van der Waals surface area contributed by atoms with Crippen LogP contribution in [0.25, 0.3) is 11.4 Å². The van der Waals surface area contributed by atoms with Crippen molar-refractivity contribution in [2.45, 2.75) is 6.54 Å². The highest BCUT2D eigenvalue weighted by atomic mass is 35.5. The van der Waals surface area contributed by atoms with E-state index in [0.717, 1.165) is 49.0 Å². The van der Waals surface area contributed by atoms with Gasteiger partial charge < -0.3 is 14.3 Å². The summed E-state index contributed by atoms with van der Waals surface area (Å²) in [5.74, 6) is 1.35. The molecule has 6 heteroatoms. The monoisotopic (exact) mass is 355 g/mol. The van der Waals surface area contributed by atoms with Gasteiger partial charge in [-0.3, -0.25) is 0 Å². The minimum Gasteiger partial charge on any atom is -0.359 e. The number of hydrogen-bond donors (Lipinski definition) is 1. The first-order valence-corrected chi connectivity index (χ1v) is 8.88. The molecule has 0 aliphatic carbocycles. The number of nitrogens with one attached hydrogen (secondary N) is 1. The Kier molecular flexibility index (Phi) is 4.68. The molecule has 5 nitrogen and oxygen atoms in total. The molecule has 25 heavy (non-hydrogen) atoms. The molecule has 0 amide bonds. The SMILES string of the molecule is Clc1ccccc1N1CC[NH+](Cc2nc(-c3ccccc3)no2)CC1. The standard InChI is InChI=1S/C19H19ClN4O/c20-16-8-4-5-9-17(16)24-12-10-23(11-13-24)14-18-21-19(22-25-18)15-6-2-1-3-7-15/h1-9H,10-14H2/p+1. The first kappa shape index (κ1) is 16.1. The van der Waals surface area contributed by atoms with E-state index >= 15 is 0 Å². The maximum Gasteiger partial charge on any atom is 0.282 e. The molecule has 0 unspecified atom stereocenters. The van der Waals surface area contributed by atoms with Crippen LogP contribution in [0.15, 0.2) is 59.1 Å². The summed E-state index contributed by atoms with van der Waals surface area (Å²) in [5, 5.41) is 4.91. The summed E-state index contributed by atoms with van der Waals surface area (Å²) >= 11 is 6.30. The molecule has 1 aliphatic heterocycles. The van der Waals surface area contributed by atoms with E-state index in [1.54, 1.807) is 0 Å². The van der Waals surface area contributed by atoms with Crippen molar-refractivity contribution in [1.82, 2.24) is 10.1 Å². The molecule has 0 bridgehead atoms. The number of aromatic nitrogens is 2. The lowest BCUT2D eigenvalue weighted by Crippen LogP contribution is -3.13. The van der Waals surface area contributed by atoms with E-state index in [1.807, 2.05) is 48.5 Å². The minimum atomic E-state index is 0.657. The quantitative estimate of drug-likeness (QED) is 0.780. The van der Waals surface area contributed by atoms with Crippen molar-refractivity contribution in [3.05, 3.63) is 65.5 Å². The van der Waals surface area contributed by atoms with E-state index in [4.69, 9.17) is 16.1 Å². The van der Waals surface area contributed by atoms with Crippen molar-refractivity contribution in [2.75, 3.05) is 31.1 Å². The maximum absolute atomic E-state index is 6.30. The minimum absolute atomic E-state index is 0.657. The van der Waals surface area contributed by atoms with Gasteiger partial charge >= 0.3 is 0 Å². The second-order valence-electron chi connectivity index (χ2n) is 6.24. The third-order valence-corrected chi connectivity index (χ3v) is 4.88. The Labute approximate surface area is 151 Å². The number of piperazine rings is 1. The fourth-order valence-corrected chi connectivity index (χ4v) is 3.45. The number of hydrogen-bond acceptors (Lipinski definition) is 4. The predicted molar refractivity (Wildman–Crippen MR) is 97.8 cm³/mol. The third-order valence-electron chi connectivity index (χ3n) is 4.56. The van der Waals surface area contributed by atoms with E-state index in [9.17, 15) is 0 Å². The van der Waals surface area contributed by atoms with Gasteiger partial charge in [-0.1, -0.05) is 59.2 Å². The summed E-state index contributed by atoms with van der Waals surface area (Å²) in [6.07, 6.45) is 0. The summed E-state index contributed by atoms with van der Waals surface area (Å²) < 4.78 is 5.44. The topological polar surface area (TPSA) is 46.6 Å². The molecule has 2 aromatic carbocycles. The molecule has 4 rings (SSSR count). The number of rotatable bonds is 4. The van der Waals surface area contributed by atoms with E-state index < -0.39 is 0 Å². The van der Waals surface area contributed by atoms with Gasteiger partial charge in [0, 0.05) is 5.56 Å². The number of benzene rings is 2. The van der Waals surface area contributed by atoms with Gasteiger partial charge in [-0.2, -0.15) is 4.98 Å². The van der Waals surface area contributed by atoms with Gasteiger partial charge in [0.15, 0.2) is 6.54 Å². The smallest absolute Gasteiger partial charge is 0.282 e. The van der Waals surface area contributed by atoms with E-state index in [-0.39, 0.29) is 0 Å². The van der Waals surface area contributed by atoms with Gasteiger partial charge in [0.1, 0.15) is 0 Å². The molecule has 3 aromatic rings. The van der Waals surface area contributed by atoms with Crippen molar-refractivity contribution in [1.29, 1.82) is 0 Å². The van der Waals surface area contributed by atoms with Gasteiger partial charge in [-0.15, -0.1) is 0 Å². The zero-order valence-electron chi connectivity index (χ0n) is 13.9. The predicted octanol–water partition coefficient (Wildman–Crippen LogP) is 2.30. The molecule has 1 saturated heterocycles. The molecule has 0 spiro atoms. The molecule has 128 valence electrons. The van der Waals surface area contributed by atoms with Gasteiger partial charge in [-0.05, 0) is 12.1 Å². The van der Waals surface area contributed by atoms with Crippen LogP contribution in [0.3, 0.4) is 0 Å². The van der Waals surface area contributed by atoms with Crippen molar-refractivity contribution >= 4 is 17.3 Å².